The van der Waals surface area contributed by atoms with Gasteiger partial charge in [-0.3, -0.25) is 4.79 Å². The van der Waals surface area contributed by atoms with Crippen LogP contribution in [0.15, 0.2) is 46.9 Å². The van der Waals surface area contributed by atoms with Crippen molar-refractivity contribution >= 4 is 54.7 Å². The Balaban J connectivity index is 2.40. The van der Waals surface area contributed by atoms with Gasteiger partial charge in [-0.2, -0.15) is 3.71 Å². The van der Waals surface area contributed by atoms with Crippen LogP contribution in [-0.4, -0.2) is 53.9 Å². The lowest BCUT2D eigenvalue weighted by molar-refractivity contribution is -0.148. The molecule has 0 saturated heterocycles. The molecule has 1 amide bonds. The number of furan rings is 1. The number of carbonyl (C=O) groups excluding carboxylic acids is 2. The Morgan fingerprint density at radius 1 is 1.03 bits per heavy atom. The summed E-state index contributed by atoms with van der Waals surface area (Å²) in [6.45, 7) is 4.97. The Bertz CT molecular complexity index is 1620. The SMILES string of the molecule is CNC(=O)c1c(-c2ccc(F)cc2)oc2cc(N(S(C)(=O)=O)S(C)(=O)=O)c(C=CC(=O)OC(C)(C)C)cc12. The fourth-order valence-electron chi connectivity index (χ4n) is 3.69. The van der Waals surface area contributed by atoms with Crippen molar-refractivity contribution in [3.63, 3.8) is 0 Å². The summed E-state index contributed by atoms with van der Waals surface area (Å²) in [7, 11) is -7.37. The average molecular weight is 567 g/mol. The number of esters is 1. The minimum Gasteiger partial charge on any atom is -0.457 e. The van der Waals surface area contributed by atoms with Crippen molar-refractivity contribution < 1.29 is 40.0 Å². The van der Waals surface area contributed by atoms with Crippen molar-refractivity contribution in [2.45, 2.75) is 26.4 Å². The molecule has 0 aliphatic rings. The van der Waals surface area contributed by atoms with Gasteiger partial charge in [-0.05, 0) is 57.2 Å². The number of halogens is 1. The van der Waals surface area contributed by atoms with Crippen LogP contribution in [0.1, 0.15) is 36.7 Å². The van der Waals surface area contributed by atoms with Gasteiger partial charge in [-0.25, -0.2) is 26.0 Å². The maximum Gasteiger partial charge on any atom is 0.331 e. The van der Waals surface area contributed by atoms with E-state index in [1.165, 1.54) is 43.5 Å². The minimum atomic E-state index is -4.38. The monoisotopic (exact) mass is 566 g/mol. The van der Waals surface area contributed by atoms with E-state index >= 15 is 0 Å². The van der Waals surface area contributed by atoms with Crippen LogP contribution in [0.4, 0.5) is 10.1 Å². The van der Waals surface area contributed by atoms with E-state index < -0.39 is 43.3 Å². The fraction of sp³-hybridized carbons (Fsp3) is 0.280. The van der Waals surface area contributed by atoms with Crippen molar-refractivity contribution in [2.24, 2.45) is 0 Å². The molecule has 0 radical (unpaired) electrons. The Kier molecular flexibility index (Phi) is 7.76. The second-order valence-corrected chi connectivity index (χ2v) is 13.3. The number of anilines is 1. The van der Waals surface area contributed by atoms with Crippen molar-refractivity contribution in [2.75, 3.05) is 23.3 Å². The highest BCUT2D eigenvalue weighted by Crippen LogP contribution is 2.39. The molecule has 0 unspecified atom stereocenters. The van der Waals surface area contributed by atoms with Gasteiger partial charge >= 0.3 is 5.97 Å². The number of carbonyl (C=O) groups is 2. The largest absolute Gasteiger partial charge is 0.457 e. The highest BCUT2D eigenvalue weighted by molar-refractivity contribution is 8.09. The Morgan fingerprint density at radius 2 is 1.61 bits per heavy atom. The molecule has 3 rings (SSSR count). The number of sulfonamides is 2. The number of rotatable bonds is 7. The quantitative estimate of drug-likeness (QED) is 0.337. The molecule has 1 N–H and O–H groups in total. The van der Waals surface area contributed by atoms with E-state index in [1.54, 1.807) is 20.8 Å². The van der Waals surface area contributed by atoms with Gasteiger partial charge in [0.2, 0.25) is 20.0 Å². The molecule has 0 fully saturated rings. The van der Waals surface area contributed by atoms with Crippen LogP contribution in [0.2, 0.25) is 0 Å². The standard InChI is InChI=1S/C25H27FN2O8S2/c1-25(2,3)36-21(29)12-9-16-13-18-20(14-19(16)28(37(5,31)32)38(6,33)34)35-23(22(18)24(30)27-4)15-7-10-17(26)11-8-15/h7-14H,1-6H3,(H,27,30). The summed E-state index contributed by atoms with van der Waals surface area (Å²) < 4.78 is 75.2. The molecule has 13 heteroatoms. The maximum absolute atomic E-state index is 13.5. The lowest BCUT2D eigenvalue weighted by Gasteiger charge is -2.22. The third kappa shape index (κ3) is 6.40. The molecule has 38 heavy (non-hydrogen) atoms. The first-order chi connectivity index (χ1) is 17.4. The molecular weight excluding hydrogens is 539 g/mol. The first kappa shape index (κ1) is 28.9. The summed E-state index contributed by atoms with van der Waals surface area (Å²) in [5.41, 5.74) is -0.832. The molecule has 3 aromatic rings. The molecule has 2 aromatic carbocycles. The van der Waals surface area contributed by atoms with Gasteiger partial charge < -0.3 is 14.5 Å². The zero-order valence-electron chi connectivity index (χ0n) is 21.5. The van der Waals surface area contributed by atoms with E-state index in [0.717, 1.165) is 12.1 Å². The number of hydrogen-bond donors (Lipinski definition) is 1. The van der Waals surface area contributed by atoms with E-state index in [4.69, 9.17) is 9.15 Å². The van der Waals surface area contributed by atoms with Crippen LogP contribution in [-0.2, 0) is 29.6 Å². The van der Waals surface area contributed by atoms with E-state index in [-0.39, 0.29) is 37.3 Å². The van der Waals surface area contributed by atoms with Gasteiger partial charge in [0.15, 0.2) is 0 Å². The molecule has 1 aromatic heterocycles. The molecular formula is C25H27FN2O8S2. The van der Waals surface area contributed by atoms with Crippen molar-refractivity contribution in [1.82, 2.24) is 5.32 Å². The summed E-state index contributed by atoms with van der Waals surface area (Å²) >= 11 is 0. The third-order valence-electron chi connectivity index (χ3n) is 5.00. The normalized spacial score (nSPS) is 12.6. The fourth-order valence-corrected chi connectivity index (χ4v) is 6.69. The smallest absolute Gasteiger partial charge is 0.331 e. The maximum atomic E-state index is 13.5. The summed E-state index contributed by atoms with van der Waals surface area (Å²) in [6.07, 6.45) is 3.62. The molecule has 204 valence electrons. The molecule has 0 aliphatic heterocycles. The van der Waals surface area contributed by atoms with Crippen molar-refractivity contribution in [3.05, 3.63) is 59.4 Å². The molecule has 1 heterocycles. The van der Waals surface area contributed by atoms with E-state index in [0.29, 0.717) is 18.1 Å². The average Bonchev–Trinajstić information content (AvgIpc) is 3.12. The molecule has 0 atom stereocenters. The predicted octanol–water partition coefficient (Wildman–Crippen LogP) is 3.68. The number of hydrogen-bond acceptors (Lipinski definition) is 8. The number of ether oxygens (including phenoxy) is 1. The molecule has 0 bridgehead atoms. The molecule has 0 saturated carbocycles. The molecule has 0 aliphatic carbocycles. The minimum absolute atomic E-state index is 0.0235. The number of nitrogens with one attached hydrogen (secondary N) is 1. The zero-order chi connectivity index (χ0) is 28.6. The van der Waals surface area contributed by atoms with E-state index in [9.17, 15) is 30.8 Å². The first-order valence-corrected chi connectivity index (χ1v) is 14.8. The Morgan fingerprint density at radius 3 is 2.11 bits per heavy atom. The van der Waals surface area contributed by atoms with Gasteiger partial charge in [0.25, 0.3) is 5.91 Å². The van der Waals surface area contributed by atoms with Gasteiger partial charge in [0, 0.05) is 35.7 Å². The lowest BCUT2D eigenvalue weighted by Crippen LogP contribution is -2.35. The summed E-state index contributed by atoms with van der Waals surface area (Å²) in [4.78, 5) is 25.2. The number of amides is 1. The van der Waals surface area contributed by atoms with Crippen LogP contribution in [0.5, 0.6) is 0 Å². The topological polar surface area (TPSA) is 140 Å². The zero-order valence-corrected chi connectivity index (χ0v) is 23.2. The Hall–Kier alpha value is -3.71. The molecule has 0 spiro atoms. The lowest BCUT2D eigenvalue weighted by atomic mass is 10.0. The van der Waals surface area contributed by atoms with Crippen molar-refractivity contribution in [1.29, 1.82) is 0 Å². The number of nitrogens with zero attached hydrogens (tertiary/aromatic N) is 1. The number of benzene rings is 2. The molecule has 10 nitrogen and oxygen atoms in total. The van der Waals surface area contributed by atoms with E-state index in [1.807, 2.05) is 0 Å². The first-order valence-electron chi connectivity index (χ1n) is 11.1. The summed E-state index contributed by atoms with van der Waals surface area (Å²) in [5.74, 6) is -1.80. The third-order valence-corrected chi connectivity index (χ3v) is 8.23. The number of fused-ring (bicyclic) bond motifs is 1. The van der Waals surface area contributed by atoms with E-state index in [2.05, 4.69) is 5.32 Å². The second-order valence-electron chi connectivity index (χ2n) is 9.39. The van der Waals surface area contributed by atoms with Gasteiger partial charge in [-0.15, -0.1) is 0 Å². The summed E-state index contributed by atoms with van der Waals surface area (Å²) in [5, 5.41) is 2.69. The van der Waals surface area contributed by atoms with Crippen LogP contribution in [0.3, 0.4) is 0 Å². The highest BCUT2D eigenvalue weighted by Gasteiger charge is 2.31. The summed E-state index contributed by atoms with van der Waals surface area (Å²) in [6, 6.07) is 7.60. The Labute approximate surface area is 220 Å². The second kappa shape index (κ2) is 10.2. The van der Waals surface area contributed by atoms with Crippen LogP contribution in [0, 0.1) is 5.82 Å². The van der Waals surface area contributed by atoms with Crippen molar-refractivity contribution in [3.8, 4) is 11.3 Å². The predicted molar refractivity (Wildman–Crippen MR) is 142 cm³/mol. The highest BCUT2D eigenvalue weighted by atomic mass is 32.3. The van der Waals surface area contributed by atoms with Gasteiger partial charge in [0.1, 0.15) is 22.8 Å². The van der Waals surface area contributed by atoms with Crippen LogP contribution < -0.4 is 9.03 Å². The van der Waals surface area contributed by atoms with Crippen LogP contribution in [0.25, 0.3) is 28.4 Å². The van der Waals surface area contributed by atoms with Crippen LogP contribution >= 0.6 is 0 Å². The van der Waals surface area contributed by atoms with Gasteiger partial charge in [0.05, 0.1) is 23.8 Å². The van der Waals surface area contributed by atoms with Gasteiger partial charge in [-0.1, -0.05) is 0 Å².